The van der Waals surface area contributed by atoms with Gasteiger partial charge in [0.2, 0.25) is 0 Å². The van der Waals surface area contributed by atoms with Crippen LogP contribution in [0.3, 0.4) is 0 Å². The van der Waals surface area contributed by atoms with Crippen LogP contribution in [0.15, 0.2) is 46.9 Å². The number of benzene rings is 2. The molecular formula is C17H15BrN2O5. The quantitative estimate of drug-likeness (QED) is 0.450. The maximum Gasteiger partial charge on any atom is 0.310 e. The van der Waals surface area contributed by atoms with Crippen LogP contribution in [0.4, 0.5) is 11.4 Å². The van der Waals surface area contributed by atoms with Crippen molar-refractivity contribution in [3.8, 4) is 0 Å². The topological polar surface area (TPSA) is 98.5 Å². The number of aryl methyl sites for hydroxylation is 1. The lowest BCUT2D eigenvalue weighted by atomic mass is 10.1. The third kappa shape index (κ3) is 5.68. The molecule has 1 N–H and O–H groups in total. The van der Waals surface area contributed by atoms with Crippen molar-refractivity contribution in [2.24, 2.45) is 0 Å². The highest BCUT2D eigenvalue weighted by Crippen LogP contribution is 2.21. The summed E-state index contributed by atoms with van der Waals surface area (Å²) in [5.74, 6) is -1.10. The van der Waals surface area contributed by atoms with E-state index in [1.807, 2.05) is 0 Å². The molecular weight excluding hydrogens is 392 g/mol. The van der Waals surface area contributed by atoms with Crippen molar-refractivity contribution in [1.29, 1.82) is 0 Å². The van der Waals surface area contributed by atoms with E-state index in [1.165, 1.54) is 18.2 Å². The number of ether oxygens (including phenoxy) is 1. The van der Waals surface area contributed by atoms with Gasteiger partial charge >= 0.3 is 5.97 Å². The van der Waals surface area contributed by atoms with Crippen LogP contribution < -0.4 is 5.32 Å². The van der Waals surface area contributed by atoms with Gasteiger partial charge in [-0.1, -0.05) is 34.1 Å². The molecule has 0 heterocycles. The van der Waals surface area contributed by atoms with Gasteiger partial charge in [-0.3, -0.25) is 19.7 Å². The summed E-state index contributed by atoms with van der Waals surface area (Å²) in [7, 11) is 0. The molecule has 130 valence electrons. The summed E-state index contributed by atoms with van der Waals surface area (Å²) in [6.45, 7) is 1.25. The Labute approximate surface area is 152 Å². The summed E-state index contributed by atoms with van der Waals surface area (Å²) >= 11 is 3.30. The Morgan fingerprint density at radius 3 is 2.52 bits per heavy atom. The van der Waals surface area contributed by atoms with Gasteiger partial charge in [-0.05, 0) is 30.2 Å². The van der Waals surface area contributed by atoms with Crippen molar-refractivity contribution < 1.29 is 19.2 Å². The monoisotopic (exact) mass is 406 g/mol. The molecule has 0 bridgehead atoms. The van der Waals surface area contributed by atoms with Gasteiger partial charge in [-0.25, -0.2) is 0 Å². The largest absolute Gasteiger partial charge is 0.455 e. The summed E-state index contributed by atoms with van der Waals surface area (Å²) in [5.41, 5.74) is 1.61. The van der Waals surface area contributed by atoms with Crippen molar-refractivity contribution in [2.45, 2.75) is 13.3 Å². The Hall–Kier alpha value is -2.74. The van der Waals surface area contributed by atoms with Crippen molar-refractivity contribution in [3.63, 3.8) is 0 Å². The minimum Gasteiger partial charge on any atom is -0.455 e. The molecule has 0 aliphatic heterocycles. The first kappa shape index (κ1) is 18.6. The fourth-order valence-electron chi connectivity index (χ4n) is 2.01. The minimum atomic E-state index is -0.562. The van der Waals surface area contributed by atoms with Crippen LogP contribution in [0.5, 0.6) is 0 Å². The van der Waals surface area contributed by atoms with E-state index < -0.39 is 23.4 Å². The Bertz CT molecular complexity index is 805. The van der Waals surface area contributed by atoms with Gasteiger partial charge in [0, 0.05) is 16.6 Å². The van der Waals surface area contributed by atoms with E-state index in [9.17, 15) is 19.7 Å². The zero-order chi connectivity index (χ0) is 18.4. The van der Waals surface area contributed by atoms with Gasteiger partial charge in [0.1, 0.15) is 0 Å². The highest BCUT2D eigenvalue weighted by molar-refractivity contribution is 9.10. The molecule has 0 saturated carbocycles. The highest BCUT2D eigenvalue weighted by atomic mass is 79.9. The van der Waals surface area contributed by atoms with Crippen molar-refractivity contribution in [2.75, 3.05) is 11.9 Å². The van der Waals surface area contributed by atoms with E-state index in [0.29, 0.717) is 11.3 Å². The fraction of sp³-hybridized carbons (Fsp3) is 0.176. The summed E-state index contributed by atoms with van der Waals surface area (Å²) in [6.07, 6.45) is 0.0520. The molecule has 0 radical (unpaired) electrons. The van der Waals surface area contributed by atoms with Gasteiger partial charge in [0.05, 0.1) is 17.0 Å². The SMILES string of the molecule is Cc1ccc([N+](=O)[O-])cc1NC(=O)COC(=O)Cc1ccc(Br)cc1. The maximum absolute atomic E-state index is 11.9. The van der Waals surface area contributed by atoms with Crippen LogP contribution in [0.2, 0.25) is 0 Å². The average molecular weight is 407 g/mol. The molecule has 1 amide bonds. The lowest BCUT2D eigenvalue weighted by Crippen LogP contribution is -2.22. The van der Waals surface area contributed by atoms with Crippen LogP contribution in [0, 0.1) is 17.0 Å². The summed E-state index contributed by atoms with van der Waals surface area (Å²) in [4.78, 5) is 33.9. The third-order valence-corrected chi connectivity index (χ3v) is 3.86. The first-order chi connectivity index (χ1) is 11.8. The summed E-state index contributed by atoms with van der Waals surface area (Å²) in [5, 5.41) is 13.3. The minimum absolute atomic E-state index is 0.0520. The number of nitro groups is 1. The third-order valence-electron chi connectivity index (χ3n) is 3.33. The van der Waals surface area contributed by atoms with Crippen molar-refractivity contribution in [3.05, 3.63) is 68.2 Å². The molecule has 2 rings (SSSR count). The Kier molecular flexibility index (Phi) is 6.24. The van der Waals surface area contributed by atoms with Crippen LogP contribution in [-0.4, -0.2) is 23.4 Å². The summed E-state index contributed by atoms with van der Waals surface area (Å²) < 4.78 is 5.83. The molecule has 0 aliphatic carbocycles. The van der Waals surface area contributed by atoms with Crippen LogP contribution in [-0.2, 0) is 20.7 Å². The maximum atomic E-state index is 11.9. The highest BCUT2D eigenvalue weighted by Gasteiger charge is 2.13. The molecule has 7 nitrogen and oxygen atoms in total. The first-order valence-electron chi connectivity index (χ1n) is 7.30. The number of hydrogen-bond acceptors (Lipinski definition) is 5. The molecule has 2 aromatic carbocycles. The average Bonchev–Trinajstić information content (AvgIpc) is 2.57. The van der Waals surface area contributed by atoms with Gasteiger partial charge in [-0.15, -0.1) is 0 Å². The molecule has 0 unspecified atom stereocenters. The Morgan fingerprint density at radius 2 is 1.88 bits per heavy atom. The molecule has 0 aromatic heterocycles. The zero-order valence-corrected chi connectivity index (χ0v) is 14.9. The van der Waals surface area contributed by atoms with E-state index >= 15 is 0 Å². The van der Waals surface area contributed by atoms with E-state index in [0.717, 1.165) is 10.0 Å². The second-order valence-corrected chi connectivity index (χ2v) is 6.18. The predicted molar refractivity (Wildman–Crippen MR) is 95.3 cm³/mol. The molecule has 0 fully saturated rings. The molecule has 8 heteroatoms. The fourth-order valence-corrected chi connectivity index (χ4v) is 2.27. The molecule has 0 saturated heterocycles. The van der Waals surface area contributed by atoms with Gasteiger partial charge in [-0.2, -0.15) is 0 Å². The molecule has 0 atom stereocenters. The number of anilines is 1. The van der Waals surface area contributed by atoms with Crippen molar-refractivity contribution >= 4 is 39.2 Å². The number of rotatable bonds is 6. The van der Waals surface area contributed by atoms with Crippen molar-refractivity contribution in [1.82, 2.24) is 0 Å². The second-order valence-electron chi connectivity index (χ2n) is 5.27. The predicted octanol–water partition coefficient (Wildman–Crippen LogP) is 3.39. The molecule has 0 spiro atoms. The number of halogens is 1. The number of nitrogens with one attached hydrogen (secondary N) is 1. The Morgan fingerprint density at radius 1 is 1.20 bits per heavy atom. The standard InChI is InChI=1S/C17H15BrN2O5/c1-11-2-7-14(20(23)24)9-15(11)19-16(21)10-25-17(22)8-12-3-5-13(18)6-4-12/h2-7,9H,8,10H2,1H3,(H,19,21). The van der Waals surface area contributed by atoms with E-state index in [4.69, 9.17) is 4.74 Å². The molecule has 2 aromatic rings. The lowest BCUT2D eigenvalue weighted by molar-refractivity contribution is -0.384. The second kappa shape index (κ2) is 8.39. The van der Waals surface area contributed by atoms with Crippen LogP contribution in [0.1, 0.15) is 11.1 Å². The van der Waals surface area contributed by atoms with Crippen LogP contribution in [0.25, 0.3) is 0 Å². The molecule has 25 heavy (non-hydrogen) atoms. The van der Waals surface area contributed by atoms with E-state index in [1.54, 1.807) is 31.2 Å². The number of amides is 1. The smallest absolute Gasteiger partial charge is 0.310 e. The van der Waals surface area contributed by atoms with E-state index in [2.05, 4.69) is 21.2 Å². The number of carbonyl (C=O) groups is 2. The number of esters is 1. The number of carbonyl (C=O) groups excluding carboxylic acids is 2. The van der Waals surface area contributed by atoms with Gasteiger partial charge < -0.3 is 10.1 Å². The summed E-state index contributed by atoms with van der Waals surface area (Å²) in [6, 6.07) is 11.3. The number of nitrogens with zero attached hydrogens (tertiary/aromatic N) is 1. The Balaban J connectivity index is 1.88. The normalized spacial score (nSPS) is 10.2. The van der Waals surface area contributed by atoms with Crippen LogP contribution >= 0.6 is 15.9 Å². The van der Waals surface area contributed by atoms with Gasteiger partial charge in [0.15, 0.2) is 6.61 Å². The number of hydrogen-bond donors (Lipinski definition) is 1. The zero-order valence-electron chi connectivity index (χ0n) is 13.3. The lowest BCUT2D eigenvalue weighted by Gasteiger charge is -2.09. The number of non-ortho nitro benzene ring substituents is 1. The first-order valence-corrected chi connectivity index (χ1v) is 8.09. The van der Waals surface area contributed by atoms with E-state index in [-0.39, 0.29) is 12.1 Å². The molecule has 0 aliphatic rings. The number of nitro benzene ring substituents is 1. The van der Waals surface area contributed by atoms with Gasteiger partial charge in [0.25, 0.3) is 11.6 Å².